The Kier molecular flexibility index (Phi) is 11.6. The maximum atomic E-state index is 11.5. The summed E-state index contributed by atoms with van der Waals surface area (Å²) in [5, 5.41) is 22.1. The fraction of sp³-hybridized carbons (Fsp3) is 0.314. The zero-order valence-corrected chi connectivity index (χ0v) is 29.2. The smallest absolute Gasteiger partial charge is 1.00 e. The molecule has 3 aromatic carbocycles. The Morgan fingerprint density at radius 1 is 1.07 bits per heavy atom. The van der Waals surface area contributed by atoms with Crippen molar-refractivity contribution in [1.82, 2.24) is 4.98 Å². The van der Waals surface area contributed by atoms with Gasteiger partial charge in [0.2, 0.25) is 0 Å². The second-order valence-corrected chi connectivity index (χ2v) is 13.3. The van der Waals surface area contributed by atoms with Gasteiger partial charge in [-0.25, -0.2) is 4.98 Å². The van der Waals surface area contributed by atoms with Crippen LogP contribution in [0.15, 0.2) is 78.9 Å². The molecule has 4 nitrogen and oxygen atoms in total. The number of rotatable bonds is 12. The number of nitrogens with zero attached hydrogens (tertiary/aromatic N) is 1. The van der Waals surface area contributed by atoms with Crippen LogP contribution in [0.5, 0.6) is 0 Å². The average molecular weight is 626 g/mol. The molecule has 0 aliphatic heterocycles. The number of hydrogen-bond donors (Lipinski definition) is 2. The van der Waals surface area contributed by atoms with Gasteiger partial charge in [-0.3, -0.25) is 4.79 Å². The second kappa shape index (κ2) is 14.5. The standard InChI is InChI=1S/C35H36ClNO3S.K.H/c1-34(2,40)30-9-4-3-7-25(30)13-17-32(41-23-35(18-19-35)22-33(38)39)27-8-5-6-24(20-27)10-15-29-16-12-26-11-14-28(36)21-31(26)37-29;;/h3-12,14-16,20-21,32,40H,13,17-19,22-23H2,1-2H3,(H,38,39);;/q;+1;-1/t32-;;/m1../s1. The molecule has 0 unspecified atom stereocenters. The fourth-order valence-corrected chi connectivity index (χ4v) is 7.09. The topological polar surface area (TPSA) is 70.4 Å². The van der Waals surface area contributed by atoms with E-state index in [4.69, 9.17) is 16.6 Å². The number of fused-ring (bicyclic) bond motifs is 1. The molecule has 1 saturated carbocycles. The second-order valence-electron chi connectivity index (χ2n) is 11.7. The van der Waals surface area contributed by atoms with Crippen LogP contribution in [0.25, 0.3) is 23.1 Å². The summed E-state index contributed by atoms with van der Waals surface area (Å²) < 4.78 is 0. The Balaban J connectivity index is 0.00000253. The van der Waals surface area contributed by atoms with E-state index in [-0.39, 0.29) is 69.9 Å². The fourth-order valence-electron chi connectivity index (χ4n) is 5.36. The molecule has 42 heavy (non-hydrogen) atoms. The maximum absolute atomic E-state index is 11.5. The molecular weight excluding hydrogens is 589 g/mol. The summed E-state index contributed by atoms with van der Waals surface area (Å²) in [5.74, 6) is 0.122. The number of pyridine rings is 1. The van der Waals surface area contributed by atoms with E-state index in [2.05, 4.69) is 42.5 Å². The first-order chi connectivity index (χ1) is 19.6. The van der Waals surface area contributed by atoms with Crippen molar-refractivity contribution in [3.63, 3.8) is 0 Å². The number of aryl methyl sites for hydroxylation is 1. The number of halogens is 1. The summed E-state index contributed by atoms with van der Waals surface area (Å²) >= 11 is 8.04. The van der Waals surface area contributed by atoms with Crippen LogP contribution in [0.3, 0.4) is 0 Å². The number of carboxylic acid groups (broad SMARTS) is 1. The number of benzene rings is 3. The van der Waals surface area contributed by atoms with Crippen LogP contribution >= 0.6 is 23.4 Å². The molecule has 1 atom stereocenters. The third-order valence-corrected chi connectivity index (χ3v) is 9.76. The number of aliphatic carboxylic acids is 1. The quantitative estimate of drug-likeness (QED) is 0.187. The zero-order chi connectivity index (χ0) is 29.0. The summed E-state index contributed by atoms with van der Waals surface area (Å²) in [7, 11) is 0. The Hall–Kier alpha value is -1.48. The Morgan fingerprint density at radius 2 is 1.83 bits per heavy atom. The maximum Gasteiger partial charge on any atom is 1.00 e. The van der Waals surface area contributed by atoms with Crippen LogP contribution in [0.1, 0.15) is 74.2 Å². The normalized spacial score (nSPS) is 15.0. The van der Waals surface area contributed by atoms with Crippen LogP contribution in [-0.2, 0) is 16.8 Å². The molecule has 5 rings (SSSR count). The first-order valence-corrected chi connectivity index (χ1v) is 15.5. The van der Waals surface area contributed by atoms with Crippen molar-refractivity contribution in [3.05, 3.63) is 112 Å². The van der Waals surface area contributed by atoms with Crippen LogP contribution in [0, 0.1) is 5.41 Å². The number of aromatic nitrogens is 1. The molecule has 1 aliphatic rings. The van der Waals surface area contributed by atoms with Crippen molar-refractivity contribution in [2.75, 3.05) is 5.75 Å². The van der Waals surface area contributed by atoms with E-state index in [0.717, 1.165) is 64.7 Å². The van der Waals surface area contributed by atoms with Gasteiger partial charge in [0.1, 0.15) is 0 Å². The zero-order valence-electron chi connectivity index (χ0n) is 25.5. The summed E-state index contributed by atoms with van der Waals surface area (Å²) in [6.45, 7) is 3.66. The molecule has 0 saturated heterocycles. The molecule has 4 aromatic rings. The van der Waals surface area contributed by atoms with E-state index < -0.39 is 11.6 Å². The molecular formula is C35H37ClKNO3S. The minimum atomic E-state index is -0.911. The van der Waals surface area contributed by atoms with Crippen molar-refractivity contribution in [2.24, 2.45) is 5.41 Å². The number of carbonyl (C=O) groups is 1. The van der Waals surface area contributed by atoms with E-state index in [1.807, 2.05) is 74.1 Å². The molecule has 7 heteroatoms. The van der Waals surface area contributed by atoms with E-state index in [9.17, 15) is 15.0 Å². The average Bonchev–Trinajstić information content (AvgIpc) is 3.70. The third kappa shape index (κ3) is 9.02. The molecule has 1 aliphatic carbocycles. The first-order valence-electron chi connectivity index (χ1n) is 14.1. The molecule has 1 heterocycles. The molecule has 2 N–H and O–H groups in total. The molecule has 0 amide bonds. The number of hydrogen-bond acceptors (Lipinski definition) is 4. The van der Waals surface area contributed by atoms with Gasteiger partial charge >= 0.3 is 57.4 Å². The Labute approximate surface area is 301 Å². The number of aliphatic hydroxyl groups is 1. The summed E-state index contributed by atoms with van der Waals surface area (Å²) in [4.78, 5) is 16.2. The molecule has 0 radical (unpaired) electrons. The van der Waals surface area contributed by atoms with Gasteiger partial charge in [0.15, 0.2) is 0 Å². The van der Waals surface area contributed by atoms with Crippen molar-refractivity contribution in [3.8, 4) is 0 Å². The molecule has 0 bridgehead atoms. The van der Waals surface area contributed by atoms with Gasteiger partial charge in [0.25, 0.3) is 0 Å². The van der Waals surface area contributed by atoms with E-state index in [1.54, 1.807) is 0 Å². The SMILES string of the molecule is CC(C)(O)c1ccccc1CC[C@@H](SCC1(CC(=O)O)CC1)c1cccc(C=Cc2ccc3ccc(Cl)cc3n2)c1.[H-].[K+]. The summed E-state index contributed by atoms with van der Waals surface area (Å²) in [5.41, 5.74) is 5.15. The minimum Gasteiger partial charge on any atom is -1.00 e. The van der Waals surface area contributed by atoms with Gasteiger partial charge in [-0.05, 0) is 91.5 Å². The van der Waals surface area contributed by atoms with Gasteiger partial charge < -0.3 is 11.6 Å². The summed E-state index contributed by atoms with van der Waals surface area (Å²) in [6.07, 6.45) is 8.02. The minimum absolute atomic E-state index is 0. The largest absolute Gasteiger partial charge is 1.00 e. The van der Waals surface area contributed by atoms with Gasteiger partial charge in [0.05, 0.1) is 23.2 Å². The third-order valence-electron chi connectivity index (χ3n) is 7.83. The van der Waals surface area contributed by atoms with E-state index in [0.29, 0.717) is 5.02 Å². The van der Waals surface area contributed by atoms with Crippen molar-refractivity contribution in [2.45, 2.75) is 56.8 Å². The monoisotopic (exact) mass is 625 g/mol. The van der Waals surface area contributed by atoms with Crippen molar-refractivity contribution >= 4 is 52.4 Å². The Bertz CT molecular complexity index is 1590. The predicted octanol–water partition coefficient (Wildman–Crippen LogP) is 6.06. The van der Waals surface area contributed by atoms with Crippen LogP contribution in [0.2, 0.25) is 5.02 Å². The van der Waals surface area contributed by atoms with Gasteiger partial charge in [0, 0.05) is 21.4 Å². The number of carboxylic acids is 1. The van der Waals surface area contributed by atoms with Crippen LogP contribution < -0.4 is 51.4 Å². The molecule has 1 aromatic heterocycles. The molecule has 214 valence electrons. The predicted molar refractivity (Wildman–Crippen MR) is 172 cm³/mol. The Morgan fingerprint density at radius 3 is 2.57 bits per heavy atom. The van der Waals surface area contributed by atoms with Gasteiger partial charge in [-0.1, -0.05) is 78.3 Å². The molecule has 0 spiro atoms. The van der Waals surface area contributed by atoms with Crippen LogP contribution in [0.4, 0.5) is 0 Å². The van der Waals surface area contributed by atoms with E-state index in [1.165, 1.54) is 5.56 Å². The van der Waals surface area contributed by atoms with Gasteiger partial charge in [-0.15, -0.1) is 0 Å². The van der Waals surface area contributed by atoms with Crippen molar-refractivity contribution < 1.29 is 67.8 Å². The van der Waals surface area contributed by atoms with Gasteiger partial charge in [-0.2, -0.15) is 11.8 Å². The molecule has 1 fully saturated rings. The van der Waals surface area contributed by atoms with Crippen LogP contribution in [-0.4, -0.2) is 26.9 Å². The first kappa shape index (κ1) is 33.4. The van der Waals surface area contributed by atoms with E-state index >= 15 is 0 Å². The van der Waals surface area contributed by atoms with Crippen molar-refractivity contribution in [1.29, 1.82) is 0 Å². The number of thioether (sulfide) groups is 1. The summed E-state index contributed by atoms with van der Waals surface area (Å²) in [6, 6.07) is 26.5.